The maximum Gasteiger partial charge on any atom is 0.204 e. The first-order chi connectivity index (χ1) is 12.9. The summed E-state index contributed by atoms with van der Waals surface area (Å²) in [5, 5.41) is 4.34. The minimum Gasteiger partial charge on any atom is -0.383 e. The molecule has 0 aliphatic carbocycles. The van der Waals surface area contributed by atoms with Gasteiger partial charge >= 0.3 is 0 Å². The van der Waals surface area contributed by atoms with Crippen LogP contribution >= 0.6 is 0 Å². The van der Waals surface area contributed by atoms with Crippen molar-refractivity contribution >= 4 is 11.4 Å². The Morgan fingerprint density at radius 3 is 2.26 bits per heavy atom. The van der Waals surface area contributed by atoms with Crippen LogP contribution in [0.2, 0.25) is 0 Å². The molecule has 0 radical (unpaired) electrons. The van der Waals surface area contributed by atoms with Gasteiger partial charge in [-0.05, 0) is 12.1 Å². The number of ketones is 1. The monoisotopic (exact) mass is 368 g/mol. The van der Waals surface area contributed by atoms with E-state index in [1.165, 1.54) is 16.9 Å². The maximum atomic E-state index is 14.1. The number of Topliss-reactive ketones (excluding diaryl/α,β-unsaturated/α-hetero) is 1. The van der Waals surface area contributed by atoms with E-state index in [9.17, 15) is 13.6 Å². The first-order valence-electron chi connectivity index (χ1n) is 8.22. The third kappa shape index (κ3) is 3.76. The molecule has 0 atom stereocenters. The Labute approximate surface area is 155 Å². The van der Waals surface area contributed by atoms with Gasteiger partial charge in [-0.2, -0.15) is 5.10 Å². The van der Waals surface area contributed by atoms with Gasteiger partial charge < -0.3 is 4.90 Å². The molecule has 0 aliphatic heterocycles. The van der Waals surface area contributed by atoms with Crippen LogP contribution in [0.5, 0.6) is 0 Å². The molecule has 27 heavy (non-hydrogen) atoms. The van der Waals surface area contributed by atoms with Gasteiger partial charge in [-0.3, -0.25) is 4.79 Å². The molecular formula is C20H18F2N4O. The molecule has 0 amide bonds. The summed E-state index contributed by atoms with van der Waals surface area (Å²) in [4.78, 5) is 19.0. The van der Waals surface area contributed by atoms with E-state index in [0.717, 1.165) is 17.7 Å². The molecule has 5 nitrogen and oxygen atoms in total. The fraction of sp³-hybridized carbons (Fsp3) is 0.150. The van der Waals surface area contributed by atoms with Crippen LogP contribution in [0.4, 0.5) is 8.78 Å². The number of hydrogen-bond donors (Lipinski definition) is 0. The largest absolute Gasteiger partial charge is 0.383 e. The Bertz CT molecular complexity index is 990. The van der Waals surface area contributed by atoms with Crippen LogP contribution in [0.25, 0.3) is 17.0 Å². The smallest absolute Gasteiger partial charge is 0.204 e. The van der Waals surface area contributed by atoms with Crippen LogP contribution < -0.4 is 0 Å². The van der Waals surface area contributed by atoms with Gasteiger partial charge in [-0.25, -0.2) is 18.4 Å². The van der Waals surface area contributed by atoms with Crippen LogP contribution in [-0.4, -0.2) is 39.5 Å². The minimum atomic E-state index is -0.921. The quantitative estimate of drug-likeness (QED) is 0.511. The predicted octanol–water partition coefficient (Wildman–Crippen LogP) is 3.55. The molecule has 3 rings (SSSR count). The molecular weight excluding hydrogens is 350 g/mol. The number of hydrogen-bond acceptors (Lipinski definition) is 4. The second-order valence-electron chi connectivity index (χ2n) is 6.18. The Morgan fingerprint density at radius 1 is 1.04 bits per heavy atom. The van der Waals surface area contributed by atoms with Gasteiger partial charge in [0.25, 0.3) is 0 Å². The molecule has 0 unspecified atom stereocenters. The summed E-state index contributed by atoms with van der Waals surface area (Å²) in [6, 6.07) is 12.6. The van der Waals surface area contributed by atoms with Crippen molar-refractivity contribution in [3.63, 3.8) is 0 Å². The maximum absolute atomic E-state index is 14.1. The zero-order chi connectivity index (χ0) is 19.6. The standard InChI is InChI=1S/C20H18F2N4O/c1-25(2)12-14(18(27)17-15(21)10-7-11-16(17)22)20-23-19(24-26(20)3)13-8-5-4-6-9-13/h4-12H,1-3H3/b14-12-. The number of nitrogens with zero attached hydrogens (tertiary/aromatic N) is 4. The van der Waals surface area contributed by atoms with Crippen molar-refractivity contribution in [2.45, 2.75) is 0 Å². The average Bonchev–Trinajstić information content (AvgIpc) is 3.01. The van der Waals surface area contributed by atoms with Crippen molar-refractivity contribution in [2.75, 3.05) is 14.1 Å². The van der Waals surface area contributed by atoms with Crippen molar-refractivity contribution in [1.82, 2.24) is 19.7 Å². The number of halogens is 2. The van der Waals surface area contributed by atoms with Gasteiger partial charge in [-0.1, -0.05) is 36.4 Å². The van der Waals surface area contributed by atoms with Crippen LogP contribution in [0.3, 0.4) is 0 Å². The summed E-state index contributed by atoms with van der Waals surface area (Å²) in [5.74, 6) is -2.01. The van der Waals surface area contributed by atoms with E-state index in [2.05, 4.69) is 10.1 Å². The molecule has 0 spiro atoms. The van der Waals surface area contributed by atoms with Crippen LogP contribution in [0, 0.1) is 11.6 Å². The Hall–Kier alpha value is -3.35. The summed E-state index contributed by atoms with van der Waals surface area (Å²) in [7, 11) is 5.04. The number of allylic oxidation sites excluding steroid dienone is 1. The van der Waals surface area contributed by atoms with E-state index >= 15 is 0 Å². The highest BCUT2D eigenvalue weighted by Crippen LogP contribution is 2.25. The molecule has 0 aliphatic rings. The third-order valence-corrected chi connectivity index (χ3v) is 3.86. The van der Waals surface area contributed by atoms with E-state index in [1.54, 1.807) is 26.0 Å². The van der Waals surface area contributed by atoms with E-state index < -0.39 is 23.0 Å². The second kappa shape index (κ2) is 7.49. The second-order valence-corrected chi connectivity index (χ2v) is 6.18. The van der Waals surface area contributed by atoms with Crippen molar-refractivity contribution in [1.29, 1.82) is 0 Å². The van der Waals surface area contributed by atoms with Gasteiger partial charge in [0.2, 0.25) is 5.78 Å². The van der Waals surface area contributed by atoms with Gasteiger partial charge in [0, 0.05) is 32.9 Å². The van der Waals surface area contributed by atoms with Crippen molar-refractivity contribution in [3.8, 4) is 11.4 Å². The molecule has 0 fully saturated rings. The number of carbonyl (C=O) groups is 1. The fourth-order valence-electron chi connectivity index (χ4n) is 2.65. The van der Waals surface area contributed by atoms with E-state index in [-0.39, 0.29) is 11.4 Å². The molecule has 0 saturated carbocycles. The van der Waals surface area contributed by atoms with Crippen LogP contribution in [0.1, 0.15) is 16.2 Å². The molecule has 0 saturated heterocycles. The van der Waals surface area contributed by atoms with E-state index in [4.69, 9.17) is 0 Å². The number of aromatic nitrogens is 3. The summed E-state index contributed by atoms with van der Waals surface area (Å²) in [6.45, 7) is 0. The zero-order valence-corrected chi connectivity index (χ0v) is 15.1. The lowest BCUT2D eigenvalue weighted by Crippen LogP contribution is -2.15. The molecule has 1 aromatic heterocycles. The van der Waals surface area contributed by atoms with Gasteiger partial charge in [0.05, 0.1) is 11.1 Å². The molecule has 7 heteroatoms. The molecule has 138 valence electrons. The van der Waals surface area contributed by atoms with E-state index in [0.29, 0.717) is 5.82 Å². The summed E-state index contributed by atoms with van der Waals surface area (Å²) < 4.78 is 29.7. The van der Waals surface area contributed by atoms with E-state index in [1.807, 2.05) is 30.3 Å². The average molecular weight is 368 g/mol. The molecule has 0 bridgehead atoms. The molecule has 2 aromatic carbocycles. The zero-order valence-electron chi connectivity index (χ0n) is 15.1. The summed E-state index contributed by atoms with van der Waals surface area (Å²) in [5.41, 5.74) is 0.198. The lowest BCUT2D eigenvalue weighted by molar-refractivity contribution is 0.104. The van der Waals surface area contributed by atoms with Gasteiger partial charge in [-0.15, -0.1) is 0 Å². The van der Waals surface area contributed by atoms with Crippen molar-refractivity contribution in [2.24, 2.45) is 7.05 Å². The summed E-state index contributed by atoms with van der Waals surface area (Å²) in [6.07, 6.45) is 1.48. The van der Waals surface area contributed by atoms with Crippen LogP contribution in [0.15, 0.2) is 54.7 Å². The van der Waals surface area contributed by atoms with Crippen molar-refractivity contribution < 1.29 is 13.6 Å². The predicted molar refractivity (Wildman–Crippen MR) is 98.8 cm³/mol. The van der Waals surface area contributed by atoms with Gasteiger partial charge in [0.1, 0.15) is 11.6 Å². The number of rotatable bonds is 5. The van der Waals surface area contributed by atoms with Crippen molar-refractivity contribution in [3.05, 3.63) is 77.8 Å². The Kier molecular flexibility index (Phi) is 5.12. The highest BCUT2D eigenvalue weighted by Gasteiger charge is 2.26. The Balaban J connectivity index is 2.12. The first-order valence-corrected chi connectivity index (χ1v) is 8.22. The summed E-state index contributed by atoms with van der Waals surface area (Å²) >= 11 is 0. The van der Waals surface area contributed by atoms with Gasteiger partial charge in [0.15, 0.2) is 11.6 Å². The van der Waals surface area contributed by atoms with Crippen LogP contribution in [-0.2, 0) is 7.05 Å². The lowest BCUT2D eigenvalue weighted by Gasteiger charge is -2.11. The molecule has 0 N–H and O–H groups in total. The Morgan fingerprint density at radius 2 is 1.67 bits per heavy atom. The minimum absolute atomic E-state index is 0.0428. The lowest BCUT2D eigenvalue weighted by atomic mass is 10.0. The fourth-order valence-corrected chi connectivity index (χ4v) is 2.65. The highest BCUT2D eigenvalue weighted by atomic mass is 19.1. The topological polar surface area (TPSA) is 51.0 Å². The SMILES string of the molecule is CN(C)/C=C(/C(=O)c1c(F)cccc1F)c1nc(-c2ccccc2)nn1C. The normalized spacial score (nSPS) is 11.5. The number of carbonyl (C=O) groups excluding carboxylic acids is 1. The highest BCUT2D eigenvalue weighted by molar-refractivity contribution is 6.28. The molecule has 3 aromatic rings. The number of aryl methyl sites for hydroxylation is 1. The third-order valence-electron chi connectivity index (χ3n) is 3.86. The molecule has 1 heterocycles. The first kappa shape index (κ1) is 18.4. The number of benzene rings is 2.